The van der Waals surface area contributed by atoms with Gasteiger partial charge in [0.25, 0.3) is 5.56 Å². The van der Waals surface area contributed by atoms with Crippen molar-refractivity contribution in [3.63, 3.8) is 0 Å². The van der Waals surface area contributed by atoms with Crippen molar-refractivity contribution in [3.8, 4) is 22.5 Å². The van der Waals surface area contributed by atoms with Crippen molar-refractivity contribution in [1.29, 1.82) is 0 Å². The van der Waals surface area contributed by atoms with Gasteiger partial charge in [-0.25, -0.2) is 13.7 Å². The number of nitrogens with one attached hydrogen (secondary N) is 1. The first-order chi connectivity index (χ1) is 21.6. The second-order valence-electron chi connectivity index (χ2n) is 12.3. The van der Waals surface area contributed by atoms with E-state index in [1.165, 1.54) is 12.4 Å². The van der Waals surface area contributed by atoms with Gasteiger partial charge < -0.3 is 9.84 Å². The molecule has 3 aromatic heterocycles. The van der Waals surface area contributed by atoms with Crippen molar-refractivity contribution in [2.45, 2.75) is 83.5 Å². The monoisotopic (exact) mass is 616 g/mol. The predicted octanol–water partition coefficient (Wildman–Crippen LogP) is 4.85. The summed E-state index contributed by atoms with van der Waals surface area (Å²) in [6.07, 6.45) is 5.86. The number of rotatable bonds is 10. The second-order valence-corrected chi connectivity index (χ2v) is 12.3. The van der Waals surface area contributed by atoms with Gasteiger partial charge in [0.2, 0.25) is 5.78 Å². The summed E-state index contributed by atoms with van der Waals surface area (Å²) in [5, 5.41) is 18.3. The molecule has 1 saturated carbocycles. The van der Waals surface area contributed by atoms with Gasteiger partial charge in [0, 0.05) is 23.6 Å². The Hall–Kier alpha value is -4.42. The Labute approximate surface area is 258 Å². The van der Waals surface area contributed by atoms with Crippen LogP contribution in [0.4, 0.5) is 4.39 Å². The number of hydrogen-bond acceptors (Lipinski definition) is 8. The summed E-state index contributed by atoms with van der Waals surface area (Å²) in [5.41, 5.74) is 2.41. The Kier molecular flexibility index (Phi) is 8.52. The zero-order chi connectivity index (χ0) is 31.7. The molecule has 0 bridgehead atoms. The molecular formula is C33H37FN6O5. The first kappa shape index (κ1) is 30.6. The SMILES string of the molecule is CCCc1c(Cc2ccc(-c3ccccc3-c3noc(=O)[nH]3)cc2F)c(=O)n([C@H]2CC[C@H](OCC(C)(C)O)CC2)c2ncnn12. The lowest BCUT2D eigenvalue weighted by Crippen LogP contribution is -2.36. The van der Waals surface area contributed by atoms with Crippen LogP contribution in [0.15, 0.2) is 62.9 Å². The molecule has 1 fully saturated rings. The van der Waals surface area contributed by atoms with Crippen molar-refractivity contribution in [2.75, 3.05) is 6.61 Å². The quantitative estimate of drug-likeness (QED) is 0.227. The van der Waals surface area contributed by atoms with E-state index in [1.807, 2.05) is 19.1 Å². The lowest BCUT2D eigenvalue weighted by atomic mass is 9.92. The third-order valence-electron chi connectivity index (χ3n) is 8.35. The van der Waals surface area contributed by atoms with Crippen LogP contribution < -0.4 is 11.3 Å². The van der Waals surface area contributed by atoms with Crippen molar-refractivity contribution in [3.05, 3.63) is 92.3 Å². The van der Waals surface area contributed by atoms with E-state index >= 15 is 4.39 Å². The van der Waals surface area contributed by atoms with E-state index in [0.29, 0.717) is 52.9 Å². The Balaban J connectivity index is 1.33. The highest BCUT2D eigenvalue weighted by molar-refractivity contribution is 5.80. The maximum Gasteiger partial charge on any atom is 0.439 e. The molecule has 0 unspecified atom stereocenters. The van der Waals surface area contributed by atoms with Gasteiger partial charge in [0.15, 0.2) is 5.82 Å². The smallest absolute Gasteiger partial charge is 0.388 e. The second kappa shape index (κ2) is 12.5. The molecule has 0 aliphatic heterocycles. The zero-order valence-electron chi connectivity index (χ0n) is 25.6. The van der Waals surface area contributed by atoms with Gasteiger partial charge in [-0.3, -0.25) is 18.9 Å². The molecule has 5 aromatic rings. The molecule has 3 heterocycles. The average molecular weight is 617 g/mol. The van der Waals surface area contributed by atoms with Gasteiger partial charge in [-0.05, 0) is 68.7 Å². The number of aryl methyl sites for hydroxylation is 1. The third-order valence-corrected chi connectivity index (χ3v) is 8.35. The van der Waals surface area contributed by atoms with Crippen LogP contribution in [0.5, 0.6) is 0 Å². The number of nitrogens with zero attached hydrogens (tertiary/aromatic N) is 5. The number of benzene rings is 2. The highest BCUT2D eigenvalue weighted by atomic mass is 19.1. The highest BCUT2D eigenvalue weighted by Crippen LogP contribution is 2.33. The van der Waals surface area contributed by atoms with Gasteiger partial charge in [-0.1, -0.05) is 54.9 Å². The Bertz CT molecular complexity index is 1930. The number of H-pyrrole nitrogens is 1. The zero-order valence-corrected chi connectivity index (χ0v) is 25.6. The number of fused-ring (bicyclic) bond motifs is 1. The summed E-state index contributed by atoms with van der Waals surface area (Å²) in [4.78, 5) is 32.8. The van der Waals surface area contributed by atoms with E-state index in [9.17, 15) is 14.7 Å². The van der Waals surface area contributed by atoms with E-state index in [-0.39, 0.29) is 36.6 Å². The molecule has 11 nitrogen and oxygen atoms in total. The lowest BCUT2D eigenvalue weighted by molar-refractivity contribution is -0.0654. The summed E-state index contributed by atoms with van der Waals surface area (Å²) in [6, 6.07) is 12.0. The maximum atomic E-state index is 15.9. The largest absolute Gasteiger partial charge is 0.439 e. The van der Waals surface area contributed by atoms with Crippen LogP contribution in [-0.2, 0) is 17.6 Å². The molecule has 2 N–H and O–H groups in total. The normalized spacial score (nSPS) is 17.3. The number of hydrogen-bond donors (Lipinski definition) is 2. The van der Waals surface area contributed by atoms with Crippen LogP contribution in [-0.4, -0.2) is 52.7 Å². The van der Waals surface area contributed by atoms with Crippen LogP contribution in [0.1, 0.15) is 75.7 Å². The first-order valence-electron chi connectivity index (χ1n) is 15.4. The molecule has 0 atom stereocenters. The minimum Gasteiger partial charge on any atom is -0.388 e. The number of ether oxygens (including phenoxy) is 1. The van der Waals surface area contributed by atoms with Crippen LogP contribution in [0, 0.1) is 5.82 Å². The van der Waals surface area contributed by atoms with Gasteiger partial charge in [0.1, 0.15) is 12.1 Å². The molecular weight excluding hydrogens is 579 g/mol. The van der Waals surface area contributed by atoms with Crippen molar-refractivity contribution >= 4 is 5.78 Å². The van der Waals surface area contributed by atoms with E-state index in [1.54, 1.807) is 47.2 Å². The lowest BCUT2D eigenvalue weighted by Gasteiger charge is -2.32. The number of aliphatic hydroxyl groups is 1. The highest BCUT2D eigenvalue weighted by Gasteiger charge is 2.29. The fourth-order valence-electron chi connectivity index (χ4n) is 6.21. The summed E-state index contributed by atoms with van der Waals surface area (Å²) >= 11 is 0. The van der Waals surface area contributed by atoms with Crippen LogP contribution in [0.25, 0.3) is 28.3 Å². The molecule has 6 rings (SSSR count). The molecule has 236 valence electrons. The molecule has 45 heavy (non-hydrogen) atoms. The molecule has 0 amide bonds. The van der Waals surface area contributed by atoms with E-state index in [0.717, 1.165) is 25.0 Å². The first-order valence-corrected chi connectivity index (χ1v) is 15.4. The van der Waals surface area contributed by atoms with Crippen LogP contribution in [0.2, 0.25) is 0 Å². The van der Waals surface area contributed by atoms with E-state index < -0.39 is 17.2 Å². The molecule has 0 spiro atoms. The molecule has 12 heteroatoms. The Morgan fingerprint density at radius 2 is 1.87 bits per heavy atom. The van der Waals surface area contributed by atoms with E-state index in [4.69, 9.17) is 4.74 Å². The topological polar surface area (TPSA) is 141 Å². The Morgan fingerprint density at radius 3 is 2.53 bits per heavy atom. The number of aromatic amines is 1. The van der Waals surface area contributed by atoms with Gasteiger partial charge in [-0.15, -0.1) is 0 Å². The summed E-state index contributed by atoms with van der Waals surface area (Å²) in [7, 11) is 0. The third kappa shape index (κ3) is 6.38. The fraction of sp³-hybridized carbons (Fsp3) is 0.424. The summed E-state index contributed by atoms with van der Waals surface area (Å²) in [5.74, 6) is -0.381. The van der Waals surface area contributed by atoms with Crippen molar-refractivity contribution < 1.29 is 18.8 Å². The molecule has 2 aromatic carbocycles. The average Bonchev–Trinajstić information content (AvgIpc) is 3.68. The summed E-state index contributed by atoms with van der Waals surface area (Å²) < 4.78 is 29.9. The molecule has 0 radical (unpaired) electrons. The number of aromatic nitrogens is 6. The van der Waals surface area contributed by atoms with Gasteiger partial charge >= 0.3 is 5.76 Å². The van der Waals surface area contributed by atoms with Crippen molar-refractivity contribution in [2.24, 2.45) is 0 Å². The molecule has 0 saturated heterocycles. The maximum absolute atomic E-state index is 15.9. The van der Waals surface area contributed by atoms with Gasteiger partial charge in [-0.2, -0.15) is 10.1 Å². The van der Waals surface area contributed by atoms with E-state index in [2.05, 4.69) is 24.7 Å². The standard InChI is InChI=1S/C33H37FN6O5/c1-4-7-28-26(16-21-11-10-20(17-27(21)34)24-8-5-6-9-25(24)29-37-32(42)45-38-29)30(41)39(31-35-19-36-40(28)31)22-12-14-23(15-13-22)44-18-33(2,3)43/h5-6,8-11,17,19,22-23,43H,4,7,12-16,18H2,1-3H3,(H,37,38,42)/t22-,23-. The van der Waals surface area contributed by atoms with Crippen molar-refractivity contribution in [1.82, 2.24) is 29.3 Å². The molecule has 1 aliphatic rings. The predicted molar refractivity (Wildman–Crippen MR) is 166 cm³/mol. The molecule has 1 aliphatic carbocycles. The minimum atomic E-state index is -0.903. The van der Waals surface area contributed by atoms with Crippen LogP contribution >= 0.6 is 0 Å². The number of halogens is 1. The van der Waals surface area contributed by atoms with Crippen LogP contribution in [0.3, 0.4) is 0 Å². The minimum absolute atomic E-state index is 0.0124. The van der Waals surface area contributed by atoms with Gasteiger partial charge in [0.05, 0.1) is 24.0 Å². The summed E-state index contributed by atoms with van der Waals surface area (Å²) in [6.45, 7) is 5.72. The Morgan fingerprint density at radius 1 is 1.11 bits per heavy atom. The fourth-order valence-corrected chi connectivity index (χ4v) is 6.21.